The van der Waals surface area contributed by atoms with Crippen LogP contribution >= 0.6 is 0 Å². The molecule has 0 aromatic rings. The van der Waals surface area contributed by atoms with Gasteiger partial charge in [0.1, 0.15) is 0 Å². The van der Waals surface area contributed by atoms with Crippen LogP contribution in [0.2, 0.25) is 0 Å². The van der Waals surface area contributed by atoms with E-state index in [4.69, 9.17) is 10.2 Å². The Morgan fingerprint density at radius 1 is 1.00 bits per heavy atom. The number of rotatable bonds is 4. The molecule has 68 valence electrons. The van der Waals surface area contributed by atoms with E-state index in [1.54, 1.807) is 0 Å². The van der Waals surface area contributed by atoms with Crippen LogP contribution < -0.4 is 0 Å². The predicted octanol–water partition coefficient (Wildman–Crippen LogP) is -0.00310. The topological polar surface area (TPSA) is 91.7 Å². The Bertz CT molecular complexity index is 204. The molecule has 0 unspecified atom stereocenters. The van der Waals surface area contributed by atoms with Crippen LogP contribution in [0.4, 0.5) is 0 Å². The van der Waals surface area contributed by atoms with Crippen molar-refractivity contribution >= 4 is 17.7 Å². The molecule has 0 saturated carbocycles. The number of carboxylic acid groups (broad SMARTS) is 2. The molecule has 0 fully saturated rings. The van der Waals surface area contributed by atoms with Gasteiger partial charge in [0.05, 0.1) is 0 Å². The molecular weight excluding hydrogens is 164 g/mol. The molecule has 0 bridgehead atoms. The Morgan fingerprint density at radius 2 is 1.33 bits per heavy atom. The maximum Gasteiger partial charge on any atom is 0.325 e. The van der Waals surface area contributed by atoms with Crippen LogP contribution in [-0.4, -0.2) is 27.9 Å². The standard InChI is InChI=1S/C7H10O5/c1-3(2)5(8)4(6(9)10)7(11)12/h3-4H,1-2H3,(H,9,10)(H,11,12). The first-order valence-corrected chi connectivity index (χ1v) is 3.37. The van der Waals surface area contributed by atoms with E-state index in [9.17, 15) is 14.4 Å². The lowest BCUT2D eigenvalue weighted by Gasteiger charge is -2.07. The molecule has 0 aliphatic rings. The van der Waals surface area contributed by atoms with Crippen molar-refractivity contribution in [3.8, 4) is 0 Å². The number of aliphatic carboxylic acids is 2. The van der Waals surface area contributed by atoms with E-state index in [2.05, 4.69) is 0 Å². The van der Waals surface area contributed by atoms with Crippen molar-refractivity contribution in [2.24, 2.45) is 11.8 Å². The summed E-state index contributed by atoms with van der Waals surface area (Å²) in [6.07, 6.45) is 0. The van der Waals surface area contributed by atoms with Crippen molar-refractivity contribution < 1.29 is 24.6 Å². The summed E-state index contributed by atoms with van der Waals surface area (Å²) >= 11 is 0. The zero-order chi connectivity index (χ0) is 9.89. The number of Topliss-reactive ketones (excluding diaryl/α,β-unsaturated/α-hetero) is 1. The van der Waals surface area contributed by atoms with E-state index in [0.717, 1.165) is 0 Å². The van der Waals surface area contributed by atoms with Gasteiger partial charge in [-0.15, -0.1) is 0 Å². The van der Waals surface area contributed by atoms with E-state index in [1.165, 1.54) is 13.8 Å². The zero-order valence-corrected chi connectivity index (χ0v) is 6.77. The average molecular weight is 174 g/mol. The van der Waals surface area contributed by atoms with Gasteiger partial charge in [-0.05, 0) is 0 Å². The van der Waals surface area contributed by atoms with Crippen molar-refractivity contribution in [3.05, 3.63) is 0 Å². The molecule has 0 aromatic carbocycles. The second-order valence-corrected chi connectivity index (χ2v) is 2.67. The Balaban J connectivity index is 4.64. The minimum atomic E-state index is -1.93. The van der Waals surface area contributed by atoms with Gasteiger partial charge >= 0.3 is 11.9 Å². The van der Waals surface area contributed by atoms with Gasteiger partial charge in [-0.3, -0.25) is 14.4 Å². The monoisotopic (exact) mass is 174 g/mol. The Morgan fingerprint density at radius 3 is 1.42 bits per heavy atom. The highest BCUT2D eigenvalue weighted by Gasteiger charge is 2.34. The van der Waals surface area contributed by atoms with Crippen LogP contribution in [0.1, 0.15) is 13.8 Å². The number of carbonyl (C=O) groups excluding carboxylic acids is 1. The summed E-state index contributed by atoms with van der Waals surface area (Å²) in [6, 6.07) is 0. The van der Waals surface area contributed by atoms with Crippen molar-refractivity contribution in [3.63, 3.8) is 0 Å². The summed E-state index contributed by atoms with van der Waals surface area (Å²) in [6.45, 7) is 2.92. The highest BCUT2D eigenvalue weighted by atomic mass is 16.4. The molecule has 0 aromatic heterocycles. The van der Waals surface area contributed by atoms with Crippen LogP contribution in [0.5, 0.6) is 0 Å². The van der Waals surface area contributed by atoms with E-state index in [0.29, 0.717) is 0 Å². The van der Waals surface area contributed by atoms with Crippen molar-refractivity contribution in [1.82, 2.24) is 0 Å². The molecule has 5 heteroatoms. The summed E-state index contributed by atoms with van der Waals surface area (Å²) in [4.78, 5) is 31.5. The quantitative estimate of drug-likeness (QED) is 0.585. The summed E-state index contributed by atoms with van der Waals surface area (Å²) in [5, 5.41) is 16.7. The lowest BCUT2D eigenvalue weighted by Crippen LogP contribution is -2.34. The van der Waals surface area contributed by atoms with E-state index >= 15 is 0 Å². The Labute approximate surface area is 69.0 Å². The van der Waals surface area contributed by atoms with Crippen molar-refractivity contribution in [2.75, 3.05) is 0 Å². The number of carboxylic acids is 2. The molecule has 0 atom stereocenters. The smallest absolute Gasteiger partial charge is 0.325 e. The molecule has 0 spiro atoms. The first kappa shape index (κ1) is 10.6. The van der Waals surface area contributed by atoms with Crippen LogP contribution in [0.25, 0.3) is 0 Å². The number of hydrogen-bond acceptors (Lipinski definition) is 3. The zero-order valence-electron chi connectivity index (χ0n) is 6.77. The molecule has 0 amide bonds. The fourth-order valence-corrected chi connectivity index (χ4v) is 0.682. The van der Waals surface area contributed by atoms with Crippen molar-refractivity contribution in [1.29, 1.82) is 0 Å². The highest BCUT2D eigenvalue weighted by Crippen LogP contribution is 2.07. The third kappa shape index (κ3) is 2.34. The van der Waals surface area contributed by atoms with Crippen LogP contribution in [0.3, 0.4) is 0 Å². The van der Waals surface area contributed by atoms with E-state index in [1.807, 2.05) is 0 Å². The van der Waals surface area contributed by atoms with E-state index < -0.39 is 29.6 Å². The third-order valence-electron chi connectivity index (χ3n) is 1.35. The lowest BCUT2D eigenvalue weighted by atomic mass is 9.96. The second kappa shape index (κ2) is 3.85. The van der Waals surface area contributed by atoms with Gasteiger partial charge in [-0.1, -0.05) is 13.8 Å². The molecule has 12 heavy (non-hydrogen) atoms. The Hall–Kier alpha value is -1.39. The predicted molar refractivity (Wildman–Crippen MR) is 38.6 cm³/mol. The molecule has 5 nitrogen and oxygen atoms in total. The molecule has 2 N–H and O–H groups in total. The number of ketones is 1. The number of carbonyl (C=O) groups is 3. The molecular formula is C7H10O5. The van der Waals surface area contributed by atoms with Gasteiger partial charge in [0.2, 0.25) is 5.92 Å². The second-order valence-electron chi connectivity index (χ2n) is 2.67. The fraction of sp³-hybridized carbons (Fsp3) is 0.571. The third-order valence-corrected chi connectivity index (χ3v) is 1.35. The minimum absolute atomic E-state index is 0.581. The highest BCUT2D eigenvalue weighted by molar-refractivity contribution is 6.14. The molecule has 0 aliphatic carbocycles. The molecule has 0 rings (SSSR count). The van der Waals surface area contributed by atoms with E-state index in [-0.39, 0.29) is 0 Å². The number of hydrogen-bond donors (Lipinski definition) is 2. The van der Waals surface area contributed by atoms with Crippen LogP contribution in [0.15, 0.2) is 0 Å². The normalized spacial score (nSPS) is 10.3. The first-order chi connectivity index (χ1) is 5.37. The summed E-state index contributed by atoms with van der Waals surface area (Å²) in [5.41, 5.74) is 0. The Kier molecular flexibility index (Phi) is 3.40. The SMILES string of the molecule is CC(C)C(=O)C(C(=O)O)C(=O)O. The molecule has 0 radical (unpaired) electrons. The minimum Gasteiger partial charge on any atom is -0.480 e. The van der Waals surface area contributed by atoms with Gasteiger partial charge in [0.25, 0.3) is 0 Å². The van der Waals surface area contributed by atoms with Crippen LogP contribution in [0, 0.1) is 11.8 Å². The lowest BCUT2D eigenvalue weighted by molar-refractivity contribution is -0.158. The van der Waals surface area contributed by atoms with Crippen molar-refractivity contribution in [2.45, 2.75) is 13.8 Å². The summed E-state index contributed by atoms with van der Waals surface area (Å²) < 4.78 is 0. The maximum absolute atomic E-state index is 11.0. The molecule has 0 aliphatic heterocycles. The van der Waals surface area contributed by atoms with Gasteiger partial charge in [-0.2, -0.15) is 0 Å². The summed E-state index contributed by atoms with van der Waals surface area (Å²) in [7, 11) is 0. The average Bonchev–Trinajstić information content (AvgIpc) is 1.85. The maximum atomic E-state index is 11.0. The van der Waals surface area contributed by atoms with Gasteiger partial charge in [-0.25, -0.2) is 0 Å². The first-order valence-electron chi connectivity index (χ1n) is 3.37. The fourth-order valence-electron chi connectivity index (χ4n) is 0.682. The largest absolute Gasteiger partial charge is 0.480 e. The molecule has 0 heterocycles. The van der Waals surface area contributed by atoms with Gasteiger partial charge in [0, 0.05) is 5.92 Å². The van der Waals surface area contributed by atoms with Gasteiger partial charge < -0.3 is 10.2 Å². The summed E-state index contributed by atoms with van der Waals surface area (Å²) in [5.74, 6) is -6.51. The van der Waals surface area contributed by atoms with Crippen LogP contribution in [-0.2, 0) is 14.4 Å². The molecule has 0 saturated heterocycles. The van der Waals surface area contributed by atoms with Gasteiger partial charge in [0.15, 0.2) is 5.78 Å².